The zero-order chi connectivity index (χ0) is 14.5. The number of amides is 1. The van der Waals surface area contributed by atoms with Crippen molar-refractivity contribution in [3.8, 4) is 11.8 Å². The number of anilines is 2. The van der Waals surface area contributed by atoms with E-state index in [2.05, 4.69) is 5.32 Å². The third-order valence-corrected chi connectivity index (χ3v) is 2.80. The molecule has 1 amide bonds. The van der Waals surface area contributed by atoms with Gasteiger partial charge in [-0.1, -0.05) is 6.07 Å². The Morgan fingerprint density at radius 1 is 1.25 bits per heavy atom. The lowest BCUT2D eigenvalue weighted by Crippen LogP contribution is -2.14. The van der Waals surface area contributed by atoms with Crippen LogP contribution in [0.1, 0.15) is 15.9 Å². The van der Waals surface area contributed by atoms with Crippen LogP contribution in [0.4, 0.5) is 11.4 Å². The number of carbonyl (C=O) groups is 1. The van der Waals surface area contributed by atoms with Gasteiger partial charge in [-0.3, -0.25) is 4.79 Å². The lowest BCUT2D eigenvalue weighted by atomic mass is 10.1. The second-order valence-electron chi connectivity index (χ2n) is 4.06. The third kappa shape index (κ3) is 2.70. The molecule has 0 aliphatic heterocycles. The highest BCUT2D eigenvalue weighted by Crippen LogP contribution is 2.25. The number of rotatable bonds is 3. The third-order valence-electron chi connectivity index (χ3n) is 2.80. The monoisotopic (exact) mass is 267 g/mol. The molecule has 0 aliphatic rings. The smallest absolute Gasteiger partial charge is 0.257 e. The van der Waals surface area contributed by atoms with Crippen molar-refractivity contribution in [3.05, 3.63) is 53.6 Å². The number of hydrogen-bond donors (Lipinski definition) is 2. The zero-order valence-electron chi connectivity index (χ0n) is 10.9. The van der Waals surface area contributed by atoms with Gasteiger partial charge in [-0.25, -0.2) is 0 Å². The van der Waals surface area contributed by atoms with E-state index < -0.39 is 0 Å². The molecule has 0 spiro atoms. The van der Waals surface area contributed by atoms with Gasteiger partial charge in [0.15, 0.2) is 0 Å². The summed E-state index contributed by atoms with van der Waals surface area (Å²) in [5.74, 6) is 0.128. The molecular formula is C15H13N3O2. The van der Waals surface area contributed by atoms with Crippen molar-refractivity contribution in [1.82, 2.24) is 0 Å². The fourth-order valence-corrected chi connectivity index (χ4v) is 1.75. The number of methoxy groups -OCH3 is 1. The van der Waals surface area contributed by atoms with E-state index in [1.165, 1.54) is 7.11 Å². The molecule has 5 nitrogen and oxygen atoms in total. The summed E-state index contributed by atoms with van der Waals surface area (Å²) in [6.45, 7) is 0. The maximum Gasteiger partial charge on any atom is 0.257 e. The molecule has 3 N–H and O–H groups in total. The van der Waals surface area contributed by atoms with Gasteiger partial charge in [0.1, 0.15) is 5.75 Å². The summed E-state index contributed by atoms with van der Waals surface area (Å²) >= 11 is 0. The van der Waals surface area contributed by atoms with E-state index in [1.807, 2.05) is 6.07 Å². The number of nitrogen functional groups attached to an aromatic ring is 1. The molecule has 0 aliphatic carbocycles. The molecule has 0 aromatic heterocycles. The van der Waals surface area contributed by atoms with E-state index in [0.717, 1.165) is 0 Å². The molecule has 5 heteroatoms. The summed E-state index contributed by atoms with van der Waals surface area (Å²) in [7, 11) is 1.49. The van der Waals surface area contributed by atoms with Crippen LogP contribution in [-0.2, 0) is 0 Å². The molecule has 0 bridgehead atoms. The van der Waals surface area contributed by atoms with E-state index in [-0.39, 0.29) is 5.91 Å². The lowest BCUT2D eigenvalue weighted by Gasteiger charge is -2.10. The predicted octanol–water partition coefficient (Wildman–Crippen LogP) is 2.40. The van der Waals surface area contributed by atoms with E-state index >= 15 is 0 Å². The van der Waals surface area contributed by atoms with Crippen LogP contribution in [-0.4, -0.2) is 13.0 Å². The number of ether oxygens (including phenoxy) is 1. The highest BCUT2D eigenvalue weighted by molar-refractivity contribution is 6.08. The zero-order valence-corrected chi connectivity index (χ0v) is 10.9. The second-order valence-corrected chi connectivity index (χ2v) is 4.06. The van der Waals surface area contributed by atoms with Crippen LogP contribution >= 0.6 is 0 Å². The molecule has 20 heavy (non-hydrogen) atoms. The first-order valence-electron chi connectivity index (χ1n) is 5.89. The number of hydrogen-bond acceptors (Lipinski definition) is 4. The van der Waals surface area contributed by atoms with Crippen molar-refractivity contribution in [3.63, 3.8) is 0 Å². The van der Waals surface area contributed by atoms with Crippen molar-refractivity contribution in [2.45, 2.75) is 0 Å². The Morgan fingerprint density at radius 3 is 2.55 bits per heavy atom. The number of nitrogens with two attached hydrogens (primary N) is 1. The van der Waals surface area contributed by atoms with Gasteiger partial charge >= 0.3 is 0 Å². The lowest BCUT2D eigenvalue weighted by molar-refractivity contribution is 0.102. The van der Waals surface area contributed by atoms with Crippen LogP contribution in [0.3, 0.4) is 0 Å². The fraction of sp³-hybridized carbons (Fsp3) is 0.0667. The summed E-state index contributed by atoms with van der Waals surface area (Å²) in [5.41, 5.74) is 7.62. The molecule has 2 aromatic carbocycles. The van der Waals surface area contributed by atoms with E-state index in [4.69, 9.17) is 15.7 Å². The maximum absolute atomic E-state index is 12.1. The SMILES string of the molecule is COc1cccc(C(=O)Nc2ccc(C#N)cc2)c1N. The molecule has 0 fully saturated rings. The summed E-state index contributed by atoms with van der Waals surface area (Å²) in [6.07, 6.45) is 0. The van der Waals surface area contributed by atoms with Crippen molar-refractivity contribution < 1.29 is 9.53 Å². The molecule has 0 saturated heterocycles. The van der Waals surface area contributed by atoms with E-state index in [9.17, 15) is 4.79 Å². The number of carbonyl (C=O) groups excluding carboxylic acids is 1. The van der Waals surface area contributed by atoms with Gasteiger partial charge in [-0.05, 0) is 36.4 Å². The first kappa shape index (κ1) is 13.4. The Morgan fingerprint density at radius 2 is 1.95 bits per heavy atom. The minimum atomic E-state index is -0.328. The Kier molecular flexibility index (Phi) is 3.87. The van der Waals surface area contributed by atoms with Crippen LogP contribution in [0.5, 0.6) is 5.75 Å². The largest absolute Gasteiger partial charge is 0.495 e. The van der Waals surface area contributed by atoms with Crippen molar-refractivity contribution in [1.29, 1.82) is 5.26 Å². The molecule has 100 valence electrons. The average Bonchev–Trinajstić information content (AvgIpc) is 2.48. The second kappa shape index (κ2) is 5.76. The van der Waals surface area contributed by atoms with Gasteiger partial charge in [0.2, 0.25) is 0 Å². The Labute approximate surface area is 116 Å². The number of nitrogens with zero attached hydrogens (tertiary/aromatic N) is 1. The molecule has 0 atom stereocenters. The molecule has 2 aromatic rings. The Bertz CT molecular complexity index is 673. The first-order valence-corrected chi connectivity index (χ1v) is 5.89. The first-order chi connectivity index (χ1) is 9.65. The number of nitriles is 1. The molecule has 0 unspecified atom stereocenters. The molecule has 2 rings (SSSR count). The minimum absolute atomic E-state index is 0.293. The van der Waals surface area contributed by atoms with Crippen LogP contribution in [0.25, 0.3) is 0 Å². The van der Waals surface area contributed by atoms with Gasteiger partial charge in [0.25, 0.3) is 5.91 Å². The standard InChI is InChI=1S/C15H13N3O2/c1-20-13-4-2-3-12(14(13)17)15(19)18-11-7-5-10(9-16)6-8-11/h2-8H,17H2,1H3,(H,18,19). The molecular weight excluding hydrogens is 254 g/mol. The van der Waals surface area contributed by atoms with Gasteiger partial charge < -0.3 is 15.8 Å². The average molecular weight is 267 g/mol. The van der Waals surface area contributed by atoms with E-state index in [1.54, 1.807) is 42.5 Å². The van der Waals surface area contributed by atoms with Crippen molar-refractivity contribution in [2.75, 3.05) is 18.2 Å². The Balaban J connectivity index is 2.22. The van der Waals surface area contributed by atoms with Crippen LogP contribution < -0.4 is 15.8 Å². The normalized spacial score (nSPS) is 9.60. The summed E-state index contributed by atoms with van der Waals surface area (Å²) < 4.78 is 5.08. The summed E-state index contributed by atoms with van der Waals surface area (Å²) in [6, 6.07) is 13.6. The van der Waals surface area contributed by atoms with Crippen molar-refractivity contribution in [2.24, 2.45) is 0 Å². The van der Waals surface area contributed by atoms with Gasteiger partial charge in [-0.2, -0.15) is 5.26 Å². The minimum Gasteiger partial charge on any atom is -0.495 e. The molecule has 0 radical (unpaired) electrons. The summed E-state index contributed by atoms with van der Waals surface area (Å²) in [5, 5.41) is 11.4. The Hall–Kier alpha value is -3.00. The van der Waals surface area contributed by atoms with Gasteiger partial charge in [0.05, 0.1) is 30.0 Å². The fourth-order valence-electron chi connectivity index (χ4n) is 1.75. The number of para-hydroxylation sites is 1. The van der Waals surface area contributed by atoms with E-state index in [0.29, 0.717) is 28.3 Å². The van der Waals surface area contributed by atoms with Gasteiger partial charge in [-0.15, -0.1) is 0 Å². The van der Waals surface area contributed by atoms with Crippen LogP contribution in [0, 0.1) is 11.3 Å². The number of nitrogens with one attached hydrogen (secondary N) is 1. The van der Waals surface area contributed by atoms with Crippen LogP contribution in [0.2, 0.25) is 0 Å². The highest BCUT2D eigenvalue weighted by atomic mass is 16.5. The number of benzene rings is 2. The highest BCUT2D eigenvalue weighted by Gasteiger charge is 2.13. The van der Waals surface area contributed by atoms with Crippen molar-refractivity contribution >= 4 is 17.3 Å². The topological polar surface area (TPSA) is 88.1 Å². The summed E-state index contributed by atoms with van der Waals surface area (Å²) in [4.78, 5) is 12.1. The maximum atomic E-state index is 12.1. The molecule has 0 saturated carbocycles. The van der Waals surface area contributed by atoms with Crippen LogP contribution in [0.15, 0.2) is 42.5 Å². The quantitative estimate of drug-likeness (QED) is 0.836. The molecule has 0 heterocycles. The predicted molar refractivity (Wildman–Crippen MR) is 76.5 cm³/mol. The van der Waals surface area contributed by atoms with Gasteiger partial charge in [0, 0.05) is 5.69 Å².